The summed E-state index contributed by atoms with van der Waals surface area (Å²) in [5.74, 6) is -0.464. The molecule has 1 aliphatic rings. The number of aliphatic hydroxyl groups is 1. The highest BCUT2D eigenvalue weighted by Crippen LogP contribution is 2.26. The molecule has 0 aliphatic carbocycles. The summed E-state index contributed by atoms with van der Waals surface area (Å²) < 4.78 is 29.9. The summed E-state index contributed by atoms with van der Waals surface area (Å²) >= 11 is 0. The van der Waals surface area contributed by atoms with Gasteiger partial charge in [0.25, 0.3) is 0 Å². The number of fused-ring (bicyclic) bond motifs is 1. The van der Waals surface area contributed by atoms with Crippen LogP contribution >= 0.6 is 0 Å². The number of nitrogens with zero attached hydrogens (tertiary/aromatic N) is 4. The topological polar surface area (TPSA) is 87.4 Å². The Morgan fingerprint density at radius 3 is 2.78 bits per heavy atom. The van der Waals surface area contributed by atoms with E-state index in [-0.39, 0.29) is 18.2 Å². The molecule has 3 N–H and O–H groups in total. The first-order valence-corrected chi connectivity index (χ1v) is 8.67. The molecular formula is C18H20F2N6O. The standard InChI is InChI=1S/C18H20F2N6O/c1-18(2,27)10-3-4-15-22-8-14(26(15)9-10)16-12(20)6-23-17(25-16)24-13-7-21-5-11(13)19/h3-4,6,8-9,11,13,21,27H,5,7H2,1-2H3,(H,23,24,25). The Morgan fingerprint density at radius 2 is 2.07 bits per heavy atom. The lowest BCUT2D eigenvalue weighted by Gasteiger charge is -2.18. The lowest BCUT2D eigenvalue weighted by atomic mass is 10.0. The molecule has 0 radical (unpaired) electrons. The molecule has 3 aromatic rings. The van der Waals surface area contributed by atoms with Crippen LogP contribution < -0.4 is 10.6 Å². The number of nitrogens with one attached hydrogen (secondary N) is 2. The molecule has 4 heterocycles. The van der Waals surface area contributed by atoms with Crippen molar-refractivity contribution in [2.45, 2.75) is 31.7 Å². The number of pyridine rings is 1. The van der Waals surface area contributed by atoms with Gasteiger partial charge in [0.1, 0.15) is 17.5 Å². The van der Waals surface area contributed by atoms with Gasteiger partial charge in [0.05, 0.1) is 29.7 Å². The van der Waals surface area contributed by atoms with Crippen LogP contribution in [-0.4, -0.2) is 49.8 Å². The molecule has 4 rings (SSSR count). The molecule has 0 saturated carbocycles. The van der Waals surface area contributed by atoms with E-state index in [1.54, 1.807) is 36.6 Å². The van der Waals surface area contributed by atoms with Crippen molar-refractivity contribution in [3.05, 3.63) is 42.1 Å². The van der Waals surface area contributed by atoms with E-state index < -0.39 is 23.6 Å². The SMILES string of the molecule is CC(C)(O)c1ccc2ncc(-c3nc(NC4CNCC4F)ncc3F)n2c1. The predicted octanol–water partition coefficient (Wildman–Crippen LogP) is 1.88. The summed E-state index contributed by atoms with van der Waals surface area (Å²) in [6.07, 6.45) is 3.20. The van der Waals surface area contributed by atoms with Crippen LogP contribution in [0.4, 0.5) is 14.7 Å². The molecule has 7 nitrogen and oxygen atoms in total. The van der Waals surface area contributed by atoms with Crippen molar-refractivity contribution in [2.75, 3.05) is 18.4 Å². The first kappa shape index (κ1) is 17.7. The first-order chi connectivity index (χ1) is 12.8. The highest BCUT2D eigenvalue weighted by molar-refractivity contribution is 5.62. The molecule has 2 unspecified atom stereocenters. The summed E-state index contributed by atoms with van der Waals surface area (Å²) in [6, 6.07) is 3.05. The van der Waals surface area contributed by atoms with Gasteiger partial charge in [-0.2, -0.15) is 0 Å². The highest BCUT2D eigenvalue weighted by Gasteiger charge is 2.27. The lowest BCUT2D eigenvalue weighted by molar-refractivity contribution is 0.0781. The minimum absolute atomic E-state index is 0.0502. The summed E-state index contributed by atoms with van der Waals surface area (Å²) in [5, 5.41) is 16.1. The average molecular weight is 374 g/mol. The molecule has 142 valence electrons. The fourth-order valence-corrected chi connectivity index (χ4v) is 3.09. The van der Waals surface area contributed by atoms with Gasteiger partial charge in [-0.3, -0.25) is 4.40 Å². The van der Waals surface area contributed by atoms with Crippen molar-refractivity contribution in [1.82, 2.24) is 24.7 Å². The maximum absolute atomic E-state index is 14.5. The third kappa shape index (κ3) is 3.35. The molecule has 0 amide bonds. The van der Waals surface area contributed by atoms with E-state index in [0.29, 0.717) is 23.4 Å². The number of alkyl halides is 1. The number of rotatable bonds is 4. The van der Waals surface area contributed by atoms with Crippen LogP contribution in [0.5, 0.6) is 0 Å². The van der Waals surface area contributed by atoms with E-state index in [4.69, 9.17) is 0 Å². The zero-order chi connectivity index (χ0) is 19.2. The number of hydrogen-bond acceptors (Lipinski definition) is 6. The fraction of sp³-hybridized carbons (Fsp3) is 0.389. The van der Waals surface area contributed by atoms with Crippen LogP contribution in [0.25, 0.3) is 17.0 Å². The molecule has 0 spiro atoms. The molecule has 2 atom stereocenters. The molecule has 27 heavy (non-hydrogen) atoms. The quantitative estimate of drug-likeness (QED) is 0.646. The molecule has 0 bridgehead atoms. The number of anilines is 1. The van der Waals surface area contributed by atoms with Gasteiger partial charge in [0, 0.05) is 19.3 Å². The summed E-state index contributed by atoms with van der Waals surface area (Å²) in [5.41, 5.74) is 0.654. The smallest absolute Gasteiger partial charge is 0.223 e. The molecule has 3 aromatic heterocycles. The minimum Gasteiger partial charge on any atom is -0.386 e. The van der Waals surface area contributed by atoms with E-state index in [2.05, 4.69) is 25.6 Å². The van der Waals surface area contributed by atoms with Crippen molar-refractivity contribution < 1.29 is 13.9 Å². The Labute approximate surface area is 154 Å². The van der Waals surface area contributed by atoms with Crippen molar-refractivity contribution in [1.29, 1.82) is 0 Å². The Morgan fingerprint density at radius 1 is 1.26 bits per heavy atom. The number of imidazole rings is 1. The van der Waals surface area contributed by atoms with Crippen LogP contribution in [-0.2, 0) is 5.60 Å². The zero-order valence-corrected chi connectivity index (χ0v) is 14.9. The Hall–Kier alpha value is -2.65. The molecule has 1 saturated heterocycles. The highest BCUT2D eigenvalue weighted by atomic mass is 19.1. The molecule has 1 aliphatic heterocycles. The zero-order valence-electron chi connectivity index (χ0n) is 14.9. The van der Waals surface area contributed by atoms with Crippen molar-refractivity contribution >= 4 is 11.6 Å². The average Bonchev–Trinajstić information content (AvgIpc) is 3.22. The van der Waals surface area contributed by atoms with Gasteiger partial charge in [-0.05, 0) is 25.5 Å². The van der Waals surface area contributed by atoms with Crippen LogP contribution in [0.2, 0.25) is 0 Å². The van der Waals surface area contributed by atoms with Crippen LogP contribution in [0.3, 0.4) is 0 Å². The maximum Gasteiger partial charge on any atom is 0.223 e. The number of aromatic nitrogens is 4. The van der Waals surface area contributed by atoms with E-state index in [0.717, 1.165) is 6.20 Å². The van der Waals surface area contributed by atoms with Crippen LogP contribution in [0.1, 0.15) is 19.4 Å². The Bertz CT molecular complexity index is 984. The summed E-state index contributed by atoms with van der Waals surface area (Å²) in [6.45, 7) is 4.04. The van der Waals surface area contributed by atoms with E-state index in [1.807, 2.05) is 0 Å². The van der Waals surface area contributed by atoms with Crippen LogP contribution in [0, 0.1) is 5.82 Å². The third-order valence-corrected chi connectivity index (χ3v) is 4.65. The number of halogens is 2. The second kappa shape index (κ2) is 6.50. The molecule has 1 fully saturated rings. The number of hydrogen-bond donors (Lipinski definition) is 3. The van der Waals surface area contributed by atoms with Gasteiger partial charge in [-0.25, -0.2) is 23.7 Å². The van der Waals surface area contributed by atoms with E-state index in [1.165, 1.54) is 6.20 Å². The van der Waals surface area contributed by atoms with Crippen molar-refractivity contribution in [2.24, 2.45) is 0 Å². The van der Waals surface area contributed by atoms with E-state index >= 15 is 0 Å². The Kier molecular flexibility index (Phi) is 4.27. The second-order valence-corrected chi connectivity index (χ2v) is 7.16. The third-order valence-electron chi connectivity index (χ3n) is 4.65. The largest absolute Gasteiger partial charge is 0.386 e. The summed E-state index contributed by atoms with van der Waals surface area (Å²) in [4.78, 5) is 12.4. The lowest BCUT2D eigenvalue weighted by Crippen LogP contribution is -2.30. The monoisotopic (exact) mass is 374 g/mol. The van der Waals surface area contributed by atoms with Crippen molar-refractivity contribution in [3.63, 3.8) is 0 Å². The maximum atomic E-state index is 14.5. The van der Waals surface area contributed by atoms with Gasteiger partial charge in [-0.15, -0.1) is 0 Å². The van der Waals surface area contributed by atoms with Gasteiger partial charge in [0.15, 0.2) is 5.82 Å². The van der Waals surface area contributed by atoms with Gasteiger partial charge < -0.3 is 15.7 Å². The van der Waals surface area contributed by atoms with Crippen LogP contribution in [0.15, 0.2) is 30.7 Å². The summed E-state index contributed by atoms with van der Waals surface area (Å²) in [7, 11) is 0. The van der Waals surface area contributed by atoms with E-state index in [9.17, 15) is 13.9 Å². The van der Waals surface area contributed by atoms with Gasteiger partial charge in [-0.1, -0.05) is 6.07 Å². The predicted molar refractivity (Wildman–Crippen MR) is 96.6 cm³/mol. The normalized spacial score (nSPS) is 20.3. The van der Waals surface area contributed by atoms with Gasteiger partial charge >= 0.3 is 0 Å². The molecule has 9 heteroatoms. The van der Waals surface area contributed by atoms with Crippen molar-refractivity contribution in [3.8, 4) is 11.4 Å². The van der Waals surface area contributed by atoms with Gasteiger partial charge in [0.2, 0.25) is 5.95 Å². The molecular weight excluding hydrogens is 354 g/mol. The second-order valence-electron chi connectivity index (χ2n) is 7.16. The fourth-order valence-electron chi connectivity index (χ4n) is 3.09. The molecule has 0 aromatic carbocycles. The Balaban J connectivity index is 1.75. The minimum atomic E-state index is -1.06. The first-order valence-electron chi connectivity index (χ1n) is 8.67.